The Kier molecular flexibility index (Phi) is 5.99. The molecule has 0 aliphatic carbocycles. The van der Waals surface area contributed by atoms with E-state index < -0.39 is 0 Å². The van der Waals surface area contributed by atoms with Crippen LogP contribution >= 0.6 is 0 Å². The molecule has 112 valence electrons. The zero-order chi connectivity index (χ0) is 14.2. The van der Waals surface area contributed by atoms with Crippen molar-refractivity contribution in [2.45, 2.75) is 39.2 Å². The van der Waals surface area contributed by atoms with Crippen molar-refractivity contribution in [1.82, 2.24) is 0 Å². The number of rotatable bonds is 6. The highest BCUT2D eigenvalue weighted by Crippen LogP contribution is 2.31. The Labute approximate surface area is 121 Å². The van der Waals surface area contributed by atoms with Gasteiger partial charge in [-0.3, -0.25) is 0 Å². The molecular formula is C16H25NO3. The summed E-state index contributed by atoms with van der Waals surface area (Å²) in [4.78, 5) is 0. The Morgan fingerprint density at radius 1 is 1.10 bits per heavy atom. The molecule has 1 aliphatic rings. The molecule has 1 saturated heterocycles. The van der Waals surface area contributed by atoms with Crippen LogP contribution in [0.15, 0.2) is 18.2 Å². The molecule has 1 aromatic rings. The van der Waals surface area contributed by atoms with Gasteiger partial charge in [0, 0.05) is 31.0 Å². The van der Waals surface area contributed by atoms with Crippen LogP contribution in [-0.2, 0) is 4.74 Å². The summed E-state index contributed by atoms with van der Waals surface area (Å²) in [5.74, 6) is 1.62. The molecule has 0 spiro atoms. The van der Waals surface area contributed by atoms with Crippen LogP contribution in [0.5, 0.6) is 11.5 Å². The lowest BCUT2D eigenvalue weighted by molar-refractivity contribution is 0.144. The average molecular weight is 279 g/mol. The number of anilines is 1. The normalized spacial score (nSPS) is 19.2. The Bertz CT molecular complexity index is 401. The molecule has 1 aliphatic heterocycles. The van der Waals surface area contributed by atoms with Crippen LogP contribution in [0.4, 0.5) is 5.69 Å². The minimum Gasteiger partial charge on any atom is -0.490 e. The van der Waals surface area contributed by atoms with Gasteiger partial charge in [-0.15, -0.1) is 0 Å². The summed E-state index contributed by atoms with van der Waals surface area (Å²) >= 11 is 0. The van der Waals surface area contributed by atoms with E-state index in [4.69, 9.17) is 14.2 Å². The van der Waals surface area contributed by atoms with E-state index in [9.17, 15) is 0 Å². The highest BCUT2D eigenvalue weighted by molar-refractivity contribution is 5.55. The Morgan fingerprint density at radius 3 is 2.70 bits per heavy atom. The molecule has 4 nitrogen and oxygen atoms in total. The van der Waals surface area contributed by atoms with E-state index in [-0.39, 0.29) is 0 Å². The van der Waals surface area contributed by atoms with Crippen LogP contribution in [0.25, 0.3) is 0 Å². The van der Waals surface area contributed by atoms with Gasteiger partial charge in [-0.25, -0.2) is 0 Å². The number of nitrogens with one attached hydrogen (secondary N) is 1. The standard InChI is InChI=1S/C16H25NO3/c1-3-19-15-8-7-14(12-16(15)20-4-2)17-13-6-5-10-18-11-9-13/h7-8,12-13,17H,3-6,9-11H2,1-2H3. The number of hydrogen-bond acceptors (Lipinski definition) is 4. The van der Waals surface area contributed by atoms with Gasteiger partial charge in [0.15, 0.2) is 11.5 Å². The van der Waals surface area contributed by atoms with Gasteiger partial charge in [0.05, 0.1) is 13.2 Å². The van der Waals surface area contributed by atoms with Crippen molar-refractivity contribution in [2.24, 2.45) is 0 Å². The van der Waals surface area contributed by atoms with E-state index in [1.807, 2.05) is 26.0 Å². The predicted molar refractivity (Wildman–Crippen MR) is 80.9 cm³/mol. The molecule has 1 unspecified atom stereocenters. The summed E-state index contributed by atoms with van der Waals surface area (Å²) in [6.07, 6.45) is 3.32. The fourth-order valence-corrected chi connectivity index (χ4v) is 2.42. The van der Waals surface area contributed by atoms with Crippen molar-refractivity contribution in [1.29, 1.82) is 0 Å². The lowest BCUT2D eigenvalue weighted by atomic mass is 10.1. The molecule has 2 rings (SSSR count). The zero-order valence-electron chi connectivity index (χ0n) is 12.5. The smallest absolute Gasteiger partial charge is 0.163 e. The van der Waals surface area contributed by atoms with E-state index >= 15 is 0 Å². The van der Waals surface area contributed by atoms with Crippen molar-refractivity contribution in [2.75, 3.05) is 31.7 Å². The summed E-state index contributed by atoms with van der Waals surface area (Å²) in [7, 11) is 0. The van der Waals surface area contributed by atoms with Crippen LogP contribution in [0.2, 0.25) is 0 Å². The second-order valence-electron chi connectivity index (χ2n) is 4.91. The molecule has 20 heavy (non-hydrogen) atoms. The molecule has 0 radical (unpaired) electrons. The Morgan fingerprint density at radius 2 is 1.90 bits per heavy atom. The molecular weight excluding hydrogens is 254 g/mol. The monoisotopic (exact) mass is 279 g/mol. The van der Waals surface area contributed by atoms with Crippen molar-refractivity contribution in [3.63, 3.8) is 0 Å². The average Bonchev–Trinajstić information content (AvgIpc) is 2.71. The first-order chi connectivity index (χ1) is 9.83. The molecule has 0 bridgehead atoms. The van der Waals surface area contributed by atoms with Crippen molar-refractivity contribution >= 4 is 5.69 Å². The largest absolute Gasteiger partial charge is 0.490 e. The summed E-state index contributed by atoms with van der Waals surface area (Å²) in [5.41, 5.74) is 1.09. The second-order valence-corrected chi connectivity index (χ2v) is 4.91. The molecule has 4 heteroatoms. The quantitative estimate of drug-likeness (QED) is 0.865. The maximum Gasteiger partial charge on any atom is 0.163 e. The molecule has 1 heterocycles. The van der Waals surface area contributed by atoms with E-state index in [1.54, 1.807) is 0 Å². The third-order valence-corrected chi connectivity index (χ3v) is 3.37. The number of benzene rings is 1. The molecule has 0 saturated carbocycles. The van der Waals surface area contributed by atoms with E-state index in [0.717, 1.165) is 49.7 Å². The summed E-state index contributed by atoms with van der Waals surface area (Å²) in [6, 6.07) is 6.54. The van der Waals surface area contributed by atoms with Crippen molar-refractivity contribution in [3.8, 4) is 11.5 Å². The topological polar surface area (TPSA) is 39.7 Å². The van der Waals surface area contributed by atoms with Gasteiger partial charge in [0.1, 0.15) is 0 Å². The predicted octanol–water partition coefficient (Wildman–Crippen LogP) is 3.47. The van der Waals surface area contributed by atoms with Crippen LogP contribution in [-0.4, -0.2) is 32.5 Å². The minimum absolute atomic E-state index is 0.477. The van der Waals surface area contributed by atoms with Gasteiger partial charge < -0.3 is 19.5 Å². The molecule has 0 aromatic heterocycles. The highest BCUT2D eigenvalue weighted by atomic mass is 16.5. The highest BCUT2D eigenvalue weighted by Gasteiger charge is 2.13. The minimum atomic E-state index is 0.477. The van der Waals surface area contributed by atoms with Gasteiger partial charge >= 0.3 is 0 Å². The van der Waals surface area contributed by atoms with Gasteiger partial charge in [-0.05, 0) is 45.2 Å². The zero-order valence-corrected chi connectivity index (χ0v) is 12.5. The van der Waals surface area contributed by atoms with Gasteiger partial charge in [-0.2, -0.15) is 0 Å². The Balaban J connectivity index is 2.05. The maximum absolute atomic E-state index is 5.65. The molecule has 0 amide bonds. The fourth-order valence-electron chi connectivity index (χ4n) is 2.42. The third-order valence-electron chi connectivity index (χ3n) is 3.37. The van der Waals surface area contributed by atoms with Crippen LogP contribution in [0.3, 0.4) is 0 Å². The van der Waals surface area contributed by atoms with Gasteiger partial charge in [0.2, 0.25) is 0 Å². The number of hydrogen-bond donors (Lipinski definition) is 1. The molecule has 1 N–H and O–H groups in total. The first-order valence-electron chi connectivity index (χ1n) is 7.57. The number of ether oxygens (including phenoxy) is 3. The van der Waals surface area contributed by atoms with Crippen LogP contribution < -0.4 is 14.8 Å². The van der Waals surface area contributed by atoms with E-state index in [2.05, 4.69) is 11.4 Å². The van der Waals surface area contributed by atoms with Crippen LogP contribution in [0, 0.1) is 0 Å². The third kappa shape index (κ3) is 4.30. The van der Waals surface area contributed by atoms with Gasteiger partial charge in [0.25, 0.3) is 0 Å². The first kappa shape index (κ1) is 15.0. The summed E-state index contributed by atoms with van der Waals surface area (Å²) in [6.45, 7) is 6.97. The van der Waals surface area contributed by atoms with E-state index in [0.29, 0.717) is 19.3 Å². The Hall–Kier alpha value is -1.42. The fraction of sp³-hybridized carbons (Fsp3) is 0.625. The lowest BCUT2D eigenvalue weighted by Crippen LogP contribution is -2.19. The molecule has 1 aromatic carbocycles. The molecule has 1 fully saturated rings. The lowest BCUT2D eigenvalue weighted by Gasteiger charge is -2.19. The summed E-state index contributed by atoms with van der Waals surface area (Å²) < 4.78 is 16.7. The van der Waals surface area contributed by atoms with Crippen LogP contribution in [0.1, 0.15) is 33.1 Å². The SMILES string of the molecule is CCOc1ccc(NC2CCCOCC2)cc1OCC. The summed E-state index contributed by atoms with van der Waals surface area (Å²) in [5, 5.41) is 3.57. The van der Waals surface area contributed by atoms with Crippen molar-refractivity contribution < 1.29 is 14.2 Å². The van der Waals surface area contributed by atoms with Crippen molar-refractivity contribution in [3.05, 3.63) is 18.2 Å². The van der Waals surface area contributed by atoms with Gasteiger partial charge in [-0.1, -0.05) is 0 Å². The first-order valence-corrected chi connectivity index (χ1v) is 7.57. The maximum atomic E-state index is 5.65. The second kappa shape index (κ2) is 8.00. The molecule has 1 atom stereocenters. The van der Waals surface area contributed by atoms with E-state index in [1.165, 1.54) is 0 Å².